The van der Waals surface area contributed by atoms with Crippen molar-refractivity contribution < 1.29 is 9.32 Å². The third kappa shape index (κ3) is 4.88. The zero-order valence-corrected chi connectivity index (χ0v) is 16.7. The van der Waals surface area contributed by atoms with Crippen molar-refractivity contribution in [2.24, 2.45) is 5.92 Å². The molecule has 4 rings (SSSR count). The molecule has 2 heterocycles. The Kier molecular flexibility index (Phi) is 5.98. The molecule has 6 heteroatoms. The van der Waals surface area contributed by atoms with E-state index >= 15 is 0 Å². The molecule has 1 aromatic carbocycles. The Balaban J connectivity index is 1.40. The largest absolute Gasteiger partial charge is 0.356 e. The molecule has 6 nitrogen and oxygen atoms in total. The summed E-state index contributed by atoms with van der Waals surface area (Å²) in [4.78, 5) is 20.8. The normalized spacial score (nSPS) is 14.7. The van der Waals surface area contributed by atoms with Crippen molar-refractivity contribution in [3.05, 3.63) is 54.1 Å². The van der Waals surface area contributed by atoms with Crippen molar-refractivity contribution in [3.63, 3.8) is 0 Å². The number of carbonyl (C=O) groups is 1. The number of aromatic nitrogens is 3. The maximum absolute atomic E-state index is 12.2. The maximum Gasteiger partial charge on any atom is 0.220 e. The predicted molar refractivity (Wildman–Crippen MR) is 111 cm³/mol. The van der Waals surface area contributed by atoms with E-state index in [1.165, 1.54) is 38.4 Å². The Morgan fingerprint density at radius 2 is 1.97 bits per heavy atom. The predicted octanol–water partition coefficient (Wildman–Crippen LogP) is 4.69. The minimum atomic E-state index is 0.153. The van der Waals surface area contributed by atoms with Gasteiger partial charge in [-0.25, -0.2) is 9.97 Å². The van der Waals surface area contributed by atoms with E-state index in [1.807, 2.05) is 37.3 Å². The number of hydrogen-bond donors (Lipinski definition) is 1. The van der Waals surface area contributed by atoms with Gasteiger partial charge < -0.3 is 9.84 Å². The molecule has 1 fully saturated rings. The zero-order valence-electron chi connectivity index (χ0n) is 16.7. The van der Waals surface area contributed by atoms with Gasteiger partial charge in [-0.2, -0.15) is 0 Å². The molecule has 0 atom stereocenters. The third-order valence-electron chi connectivity index (χ3n) is 5.52. The first kappa shape index (κ1) is 19.3. The van der Waals surface area contributed by atoms with E-state index in [0.29, 0.717) is 24.6 Å². The lowest BCUT2D eigenvalue weighted by molar-refractivity contribution is -0.122. The molecule has 0 aliphatic heterocycles. The first-order valence-electron chi connectivity index (χ1n) is 10.3. The van der Waals surface area contributed by atoms with Crippen LogP contribution in [0.2, 0.25) is 0 Å². The zero-order chi connectivity index (χ0) is 20.1. The molecule has 150 valence electrons. The summed E-state index contributed by atoms with van der Waals surface area (Å²) in [6.45, 7) is 2.43. The maximum atomic E-state index is 12.2. The molecule has 2 aromatic heterocycles. The summed E-state index contributed by atoms with van der Waals surface area (Å²) in [6.07, 6.45) is 10.1. The highest BCUT2D eigenvalue weighted by Crippen LogP contribution is 2.30. The van der Waals surface area contributed by atoms with Crippen molar-refractivity contribution in [1.29, 1.82) is 0 Å². The fraction of sp³-hybridized carbons (Fsp3) is 0.391. The molecule has 1 amide bonds. The van der Waals surface area contributed by atoms with Crippen LogP contribution in [0.1, 0.15) is 49.8 Å². The van der Waals surface area contributed by atoms with Crippen LogP contribution < -0.4 is 5.32 Å². The van der Waals surface area contributed by atoms with E-state index in [-0.39, 0.29) is 5.91 Å². The number of amides is 1. The molecule has 1 saturated carbocycles. The Hall–Kier alpha value is -3.02. The topological polar surface area (TPSA) is 80.9 Å². The lowest BCUT2D eigenvalue weighted by atomic mass is 9.87. The molecule has 0 radical (unpaired) electrons. The van der Waals surface area contributed by atoms with Gasteiger partial charge in [-0.3, -0.25) is 4.79 Å². The van der Waals surface area contributed by atoms with E-state index in [4.69, 9.17) is 4.52 Å². The Morgan fingerprint density at radius 3 is 2.69 bits per heavy atom. The number of carbonyl (C=O) groups excluding carboxylic acids is 1. The van der Waals surface area contributed by atoms with Crippen LogP contribution in [0.25, 0.3) is 22.6 Å². The molecule has 3 aromatic rings. The number of benzene rings is 1. The van der Waals surface area contributed by atoms with Gasteiger partial charge in [-0.1, -0.05) is 48.7 Å². The Labute approximate surface area is 170 Å². The van der Waals surface area contributed by atoms with Crippen molar-refractivity contribution in [2.75, 3.05) is 0 Å². The monoisotopic (exact) mass is 390 g/mol. The average Bonchev–Trinajstić information content (AvgIpc) is 3.19. The SMILES string of the molecule is Cc1cc(-c2cncnc2-c2ccc(CNC(=O)CC3CCCCC3)cc2)on1. The molecular formula is C23H26N4O2. The summed E-state index contributed by atoms with van der Waals surface area (Å²) in [5.74, 6) is 1.36. The van der Waals surface area contributed by atoms with Crippen molar-refractivity contribution >= 4 is 5.91 Å². The fourth-order valence-electron chi connectivity index (χ4n) is 3.94. The van der Waals surface area contributed by atoms with Crippen LogP contribution in [0.3, 0.4) is 0 Å². The van der Waals surface area contributed by atoms with Gasteiger partial charge in [0.1, 0.15) is 6.33 Å². The summed E-state index contributed by atoms with van der Waals surface area (Å²) in [5.41, 5.74) is 4.45. The fourth-order valence-corrected chi connectivity index (χ4v) is 3.94. The smallest absolute Gasteiger partial charge is 0.220 e. The molecule has 0 unspecified atom stereocenters. The standard InChI is InChI=1S/C23H26N4O2/c1-16-11-21(29-27-16)20-14-24-15-26-23(20)19-9-7-18(8-10-19)13-25-22(28)12-17-5-3-2-4-6-17/h7-11,14-15,17H,2-6,12-13H2,1H3,(H,25,28). The molecule has 1 N–H and O–H groups in total. The summed E-state index contributed by atoms with van der Waals surface area (Å²) in [6, 6.07) is 9.94. The van der Waals surface area contributed by atoms with E-state index in [1.54, 1.807) is 6.20 Å². The van der Waals surface area contributed by atoms with Gasteiger partial charge in [0.2, 0.25) is 5.91 Å². The molecule has 1 aliphatic rings. The highest BCUT2D eigenvalue weighted by Gasteiger charge is 2.17. The van der Waals surface area contributed by atoms with Crippen LogP contribution in [0.5, 0.6) is 0 Å². The summed E-state index contributed by atoms with van der Waals surface area (Å²) in [7, 11) is 0. The van der Waals surface area contributed by atoms with Crippen LogP contribution in [0.15, 0.2) is 47.4 Å². The van der Waals surface area contributed by atoms with Crippen LogP contribution >= 0.6 is 0 Å². The van der Waals surface area contributed by atoms with Crippen LogP contribution in [0, 0.1) is 12.8 Å². The minimum Gasteiger partial charge on any atom is -0.356 e. The van der Waals surface area contributed by atoms with Crippen LogP contribution in [-0.2, 0) is 11.3 Å². The highest BCUT2D eigenvalue weighted by atomic mass is 16.5. The average molecular weight is 390 g/mol. The highest BCUT2D eigenvalue weighted by molar-refractivity contribution is 5.78. The van der Waals surface area contributed by atoms with Crippen LogP contribution in [-0.4, -0.2) is 21.0 Å². The van der Waals surface area contributed by atoms with Gasteiger partial charge >= 0.3 is 0 Å². The van der Waals surface area contributed by atoms with Gasteiger partial charge in [0.15, 0.2) is 5.76 Å². The lowest BCUT2D eigenvalue weighted by Gasteiger charge is -2.20. The first-order valence-corrected chi connectivity index (χ1v) is 10.3. The third-order valence-corrected chi connectivity index (χ3v) is 5.52. The summed E-state index contributed by atoms with van der Waals surface area (Å²) >= 11 is 0. The summed E-state index contributed by atoms with van der Waals surface area (Å²) in [5, 5.41) is 7.01. The quantitative estimate of drug-likeness (QED) is 0.660. The molecule has 0 spiro atoms. The van der Waals surface area contributed by atoms with E-state index in [2.05, 4.69) is 20.4 Å². The Bertz CT molecular complexity index is 959. The van der Waals surface area contributed by atoms with Crippen molar-refractivity contribution in [3.8, 4) is 22.6 Å². The van der Waals surface area contributed by atoms with Crippen LogP contribution in [0.4, 0.5) is 0 Å². The number of nitrogens with one attached hydrogen (secondary N) is 1. The van der Waals surface area contributed by atoms with Gasteiger partial charge in [-0.05, 0) is 31.2 Å². The van der Waals surface area contributed by atoms with Gasteiger partial charge in [0.25, 0.3) is 0 Å². The summed E-state index contributed by atoms with van der Waals surface area (Å²) < 4.78 is 5.39. The van der Waals surface area contributed by atoms with E-state index in [0.717, 1.165) is 28.1 Å². The molecular weight excluding hydrogens is 364 g/mol. The molecule has 29 heavy (non-hydrogen) atoms. The Morgan fingerprint density at radius 1 is 1.17 bits per heavy atom. The van der Waals surface area contributed by atoms with Crippen molar-refractivity contribution in [2.45, 2.75) is 52.0 Å². The second-order valence-electron chi connectivity index (χ2n) is 7.80. The van der Waals surface area contributed by atoms with Gasteiger partial charge in [-0.15, -0.1) is 0 Å². The van der Waals surface area contributed by atoms with Gasteiger partial charge in [0.05, 0.1) is 17.0 Å². The van der Waals surface area contributed by atoms with Gasteiger partial charge in [0, 0.05) is 30.8 Å². The number of hydrogen-bond acceptors (Lipinski definition) is 5. The molecule has 1 aliphatic carbocycles. The second-order valence-corrected chi connectivity index (χ2v) is 7.80. The minimum absolute atomic E-state index is 0.153. The number of nitrogens with zero attached hydrogens (tertiary/aromatic N) is 3. The second kappa shape index (κ2) is 8.99. The van der Waals surface area contributed by atoms with Crippen molar-refractivity contribution in [1.82, 2.24) is 20.4 Å². The number of rotatable bonds is 6. The molecule has 0 saturated heterocycles. The van der Waals surface area contributed by atoms with E-state index < -0.39 is 0 Å². The molecule has 0 bridgehead atoms. The van der Waals surface area contributed by atoms with E-state index in [9.17, 15) is 4.79 Å². The number of aryl methyl sites for hydroxylation is 1. The lowest BCUT2D eigenvalue weighted by Crippen LogP contribution is -2.25. The first-order chi connectivity index (χ1) is 14.2.